The van der Waals surface area contributed by atoms with Gasteiger partial charge in [0, 0.05) is 26.2 Å². The molecule has 0 aliphatic carbocycles. The Kier molecular flexibility index (Phi) is 3.87. The van der Waals surface area contributed by atoms with Crippen molar-refractivity contribution in [1.29, 1.82) is 0 Å². The van der Waals surface area contributed by atoms with Crippen molar-refractivity contribution in [2.45, 2.75) is 19.0 Å². The molecule has 3 rings (SSSR count). The van der Waals surface area contributed by atoms with Gasteiger partial charge in [-0.3, -0.25) is 4.90 Å². The second-order valence-corrected chi connectivity index (χ2v) is 6.41. The Hall–Kier alpha value is -1.24. The van der Waals surface area contributed by atoms with Gasteiger partial charge in [0.15, 0.2) is 0 Å². The zero-order valence-corrected chi connectivity index (χ0v) is 13.1. The van der Waals surface area contributed by atoms with E-state index >= 15 is 0 Å². The molecule has 0 amide bonds. The average Bonchev–Trinajstić information content (AvgIpc) is 3.06. The Morgan fingerprint density at radius 3 is 3.00 bits per heavy atom. The lowest BCUT2D eigenvalue weighted by atomic mass is 10.2. The van der Waals surface area contributed by atoms with Gasteiger partial charge in [0.05, 0.1) is 11.9 Å². The van der Waals surface area contributed by atoms with Gasteiger partial charge in [-0.25, -0.2) is 9.97 Å². The van der Waals surface area contributed by atoms with Crippen LogP contribution in [0, 0.1) is 0 Å². The average molecular weight is 291 g/mol. The van der Waals surface area contributed by atoms with Crippen LogP contribution in [0.4, 0.5) is 5.82 Å². The topological polar surface area (TPSA) is 44.3 Å². The third-order valence-corrected chi connectivity index (χ3v) is 4.76. The largest absolute Gasteiger partial charge is 0.372 e. The molecule has 2 aromatic heterocycles. The summed E-state index contributed by atoms with van der Waals surface area (Å²) in [5.74, 6) is 1.86. The van der Waals surface area contributed by atoms with E-state index in [1.807, 2.05) is 7.05 Å². The summed E-state index contributed by atoms with van der Waals surface area (Å²) in [5.41, 5.74) is 0. The van der Waals surface area contributed by atoms with E-state index in [1.165, 1.54) is 6.42 Å². The van der Waals surface area contributed by atoms with Gasteiger partial charge >= 0.3 is 0 Å². The second-order valence-electron chi connectivity index (χ2n) is 5.52. The van der Waals surface area contributed by atoms with Gasteiger partial charge in [-0.05, 0) is 32.0 Å². The van der Waals surface area contributed by atoms with Crippen molar-refractivity contribution in [3.05, 3.63) is 17.3 Å². The van der Waals surface area contributed by atoms with E-state index in [4.69, 9.17) is 0 Å². The smallest absolute Gasteiger partial charge is 0.146 e. The van der Waals surface area contributed by atoms with Gasteiger partial charge in [0.25, 0.3) is 0 Å². The molecule has 0 bridgehead atoms. The first kappa shape index (κ1) is 13.7. The van der Waals surface area contributed by atoms with E-state index in [0.29, 0.717) is 6.04 Å². The molecule has 5 nitrogen and oxygen atoms in total. The molecule has 1 fully saturated rings. The van der Waals surface area contributed by atoms with Gasteiger partial charge in [-0.2, -0.15) is 0 Å². The third-order valence-electron chi connectivity index (χ3n) is 3.95. The molecule has 1 atom stereocenters. The van der Waals surface area contributed by atoms with Crippen LogP contribution in [0.15, 0.2) is 11.4 Å². The lowest BCUT2D eigenvalue weighted by molar-refractivity contribution is 0.261. The number of nitrogens with one attached hydrogen (secondary N) is 1. The summed E-state index contributed by atoms with van der Waals surface area (Å²) in [6.45, 7) is 3.07. The fraction of sp³-hybridized carbons (Fsp3) is 0.571. The highest BCUT2D eigenvalue weighted by atomic mass is 32.1. The molecular formula is C14H21N5S. The number of rotatable bonds is 4. The lowest BCUT2D eigenvalue weighted by Crippen LogP contribution is -2.31. The Bertz CT molecular complexity index is 594. The first-order valence-corrected chi connectivity index (χ1v) is 7.86. The SMILES string of the molecule is CNc1nc(CN2CCC(N(C)C)C2)nc2sccc12. The molecule has 1 aliphatic heterocycles. The number of hydrogen-bond donors (Lipinski definition) is 1. The Morgan fingerprint density at radius 2 is 2.30 bits per heavy atom. The summed E-state index contributed by atoms with van der Waals surface area (Å²) >= 11 is 1.68. The molecule has 1 unspecified atom stereocenters. The summed E-state index contributed by atoms with van der Waals surface area (Å²) in [6, 6.07) is 2.73. The summed E-state index contributed by atoms with van der Waals surface area (Å²) in [5, 5.41) is 6.37. The van der Waals surface area contributed by atoms with Crippen LogP contribution in [-0.2, 0) is 6.54 Å². The molecule has 20 heavy (non-hydrogen) atoms. The highest BCUT2D eigenvalue weighted by Gasteiger charge is 2.24. The van der Waals surface area contributed by atoms with Gasteiger partial charge in [0.2, 0.25) is 0 Å². The fourth-order valence-corrected chi connectivity index (χ4v) is 3.52. The third kappa shape index (κ3) is 2.63. The number of hydrogen-bond acceptors (Lipinski definition) is 6. The van der Waals surface area contributed by atoms with E-state index in [1.54, 1.807) is 11.3 Å². The number of nitrogens with zero attached hydrogens (tertiary/aromatic N) is 4. The van der Waals surface area contributed by atoms with E-state index in [2.05, 4.69) is 50.6 Å². The van der Waals surface area contributed by atoms with Crippen LogP contribution in [0.5, 0.6) is 0 Å². The van der Waals surface area contributed by atoms with Crippen molar-refractivity contribution >= 4 is 27.4 Å². The van der Waals surface area contributed by atoms with E-state index in [0.717, 1.165) is 41.5 Å². The number of likely N-dealkylation sites (tertiary alicyclic amines) is 1. The standard InChI is InChI=1S/C14H21N5S/c1-15-13-11-5-7-20-14(11)17-12(16-13)9-19-6-4-10(8-19)18(2)3/h5,7,10H,4,6,8-9H2,1-3H3,(H,15,16,17). The molecular weight excluding hydrogens is 270 g/mol. The maximum absolute atomic E-state index is 4.69. The molecule has 1 N–H and O–H groups in total. The van der Waals surface area contributed by atoms with Crippen LogP contribution in [0.3, 0.4) is 0 Å². The van der Waals surface area contributed by atoms with Gasteiger partial charge in [0.1, 0.15) is 16.5 Å². The van der Waals surface area contributed by atoms with E-state index in [-0.39, 0.29) is 0 Å². The number of fused-ring (bicyclic) bond motifs is 1. The van der Waals surface area contributed by atoms with Gasteiger partial charge < -0.3 is 10.2 Å². The van der Waals surface area contributed by atoms with E-state index in [9.17, 15) is 0 Å². The van der Waals surface area contributed by atoms with Gasteiger partial charge in [-0.1, -0.05) is 0 Å². The summed E-state index contributed by atoms with van der Waals surface area (Å²) < 4.78 is 0. The normalized spacial score (nSPS) is 20.1. The molecule has 2 aromatic rings. The minimum Gasteiger partial charge on any atom is -0.372 e. The molecule has 6 heteroatoms. The highest BCUT2D eigenvalue weighted by Crippen LogP contribution is 2.25. The molecule has 1 saturated heterocycles. The Balaban J connectivity index is 1.78. The summed E-state index contributed by atoms with van der Waals surface area (Å²) in [7, 11) is 6.23. The van der Waals surface area contributed by atoms with Crippen molar-refractivity contribution < 1.29 is 0 Å². The van der Waals surface area contributed by atoms with Crippen LogP contribution in [0.1, 0.15) is 12.2 Å². The fourth-order valence-electron chi connectivity index (χ4n) is 2.74. The van der Waals surface area contributed by atoms with Crippen LogP contribution >= 0.6 is 11.3 Å². The van der Waals surface area contributed by atoms with Crippen LogP contribution in [-0.4, -0.2) is 60.0 Å². The first-order valence-electron chi connectivity index (χ1n) is 6.98. The Labute approximate surface area is 123 Å². The molecule has 0 saturated carbocycles. The maximum atomic E-state index is 4.69. The second kappa shape index (κ2) is 5.63. The van der Waals surface area contributed by atoms with Crippen molar-refractivity contribution in [1.82, 2.24) is 19.8 Å². The molecule has 0 radical (unpaired) electrons. The number of aromatic nitrogens is 2. The van der Waals surface area contributed by atoms with Crippen molar-refractivity contribution in [3.63, 3.8) is 0 Å². The minimum atomic E-state index is 0.657. The molecule has 0 spiro atoms. The highest BCUT2D eigenvalue weighted by molar-refractivity contribution is 7.16. The predicted molar refractivity (Wildman–Crippen MR) is 84.3 cm³/mol. The predicted octanol–water partition coefficient (Wildman–Crippen LogP) is 1.87. The summed E-state index contributed by atoms with van der Waals surface area (Å²) in [4.78, 5) is 15.2. The zero-order valence-electron chi connectivity index (χ0n) is 12.3. The number of likely N-dealkylation sites (N-methyl/N-ethyl adjacent to an activating group) is 1. The first-order chi connectivity index (χ1) is 9.67. The van der Waals surface area contributed by atoms with Crippen molar-refractivity contribution in [3.8, 4) is 0 Å². The van der Waals surface area contributed by atoms with Crippen LogP contribution in [0.2, 0.25) is 0 Å². The Morgan fingerprint density at radius 1 is 1.45 bits per heavy atom. The zero-order chi connectivity index (χ0) is 14.1. The quantitative estimate of drug-likeness (QED) is 0.931. The van der Waals surface area contributed by atoms with Gasteiger partial charge in [-0.15, -0.1) is 11.3 Å². The molecule has 1 aliphatic rings. The van der Waals surface area contributed by atoms with E-state index < -0.39 is 0 Å². The number of anilines is 1. The maximum Gasteiger partial charge on any atom is 0.146 e. The molecule has 3 heterocycles. The molecule has 0 aromatic carbocycles. The van der Waals surface area contributed by atoms with Crippen molar-refractivity contribution in [2.24, 2.45) is 0 Å². The monoisotopic (exact) mass is 291 g/mol. The lowest BCUT2D eigenvalue weighted by Gasteiger charge is -2.20. The minimum absolute atomic E-state index is 0.657. The van der Waals surface area contributed by atoms with Crippen LogP contribution < -0.4 is 5.32 Å². The van der Waals surface area contributed by atoms with Crippen LogP contribution in [0.25, 0.3) is 10.2 Å². The van der Waals surface area contributed by atoms with Crippen molar-refractivity contribution in [2.75, 3.05) is 39.5 Å². The summed E-state index contributed by atoms with van der Waals surface area (Å²) in [6.07, 6.45) is 1.23. The molecule has 108 valence electrons. The number of thiophene rings is 1.